The maximum Gasteiger partial charge on any atom is 0.236 e. The molecule has 4 heteroatoms. The van der Waals surface area contributed by atoms with Crippen LogP contribution in [0.15, 0.2) is 0 Å². The highest BCUT2D eigenvalue weighted by Gasteiger charge is 2.29. The lowest BCUT2D eigenvalue weighted by molar-refractivity contribution is -0.134. The van der Waals surface area contributed by atoms with Crippen LogP contribution in [-0.2, 0) is 4.79 Å². The number of carbonyl (C=O) groups excluding carboxylic acids is 1. The molecule has 2 fully saturated rings. The molecule has 0 atom stereocenters. The third-order valence-corrected chi connectivity index (χ3v) is 5.05. The Morgan fingerprint density at radius 3 is 2.30 bits per heavy atom. The summed E-state index contributed by atoms with van der Waals surface area (Å²) >= 11 is 0. The minimum absolute atomic E-state index is 0.310. The van der Waals surface area contributed by atoms with E-state index < -0.39 is 0 Å². The molecular formula is C16H31N3O. The van der Waals surface area contributed by atoms with Crippen molar-refractivity contribution >= 4 is 5.91 Å². The molecule has 0 aromatic heterocycles. The number of hydrogen-bond donors (Lipinski definition) is 1. The first kappa shape index (κ1) is 15.8. The van der Waals surface area contributed by atoms with E-state index in [1.54, 1.807) is 0 Å². The van der Waals surface area contributed by atoms with Gasteiger partial charge in [-0.1, -0.05) is 13.8 Å². The number of nitrogens with zero attached hydrogens (tertiary/aromatic N) is 2. The molecule has 1 heterocycles. The molecule has 0 aromatic carbocycles. The van der Waals surface area contributed by atoms with Gasteiger partial charge in [0.05, 0.1) is 6.54 Å². The van der Waals surface area contributed by atoms with Crippen LogP contribution < -0.4 is 5.32 Å². The molecule has 116 valence electrons. The van der Waals surface area contributed by atoms with Crippen LogP contribution in [0.3, 0.4) is 0 Å². The quantitative estimate of drug-likeness (QED) is 0.805. The van der Waals surface area contributed by atoms with Crippen molar-refractivity contribution in [1.29, 1.82) is 0 Å². The van der Waals surface area contributed by atoms with Crippen LogP contribution >= 0.6 is 0 Å². The van der Waals surface area contributed by atoms with Crippen LogP contribution in [-0.4, -0.2) is 61.0 Å². The molecular weight excluding hydrogens is 250 g/mol. The highest BCUT2D eigenvalue weighted by molar-refractivity contribution is 5.78. The predicted molar refractivity (Wildman–Crippen MR) is 82.7 cm³/mol. The Morgan fingerprint density at radius 1 is 1.15 bits per heavy atom. The summed E-state index contributed by atoms with van der Waals surface area (Å²) in [5.74, 6) is 1.15. The molecule has 0 unspecified atom stereocenters. The Bertz CT molecular complexity index is 309. The molecule has 2 aliphatic rings. The van der Waals surface area contributed by atoms with E-state index in [2.05, 4.69) is 24.1 Å². The van der Waals surface area contributed by atoms with Gasteiger partial charge in [-0.3, -0.25) is 9.69 Å². The molecule has 0 spiro atoms. The van der Waals surface area contributed by atoms with E-state index in [9.17, 15) is 4.79 Å². The summed E-state index contributed by atoms with van der Waals surface area (Å²) in [5, 5.41) is 3.30. The monoisotopic (exact) mass is 281 g/mol. The maximum absolute atomic E-state index is 12.5. The van der Waals surface area contributed by atoms with E-state index in [1.165, 1.54) is 25.7 Å². The van der Waals surface area contributed by atoms with E-state index in [0.29, 0.717) is 24.5 Å². The van der Waals surface area contributed by atoms with Crippen molar-refractivity contribution in [3.8, 4) is 0 Å². The largest absolute Gasteiger partial charge is 0.342 e. The molecule has 1 saturated heterocycles. The summed E-state index contributed by atoms with van der Waals surface area (Å²) in [7, 11) is 2.01. The summed E-state index contributed by atoms with van der Waals surface area (Å²) in [6, 6.07) is 1.04. The lowest BCUT2D eigenvalue weighted by atomic mass is 9.87. The van der Waals surface area contributed by atoms with Crippen LogP contribution in [0, 0.1) is 5.92 Å². The Morgan fingerprint density at radius 2 is 1.80 bits per heavy atom. The molecule has 0 aromatic rings. The SMILES string of the molecule is CCCN(CC(=O)N(C)C1CCC(C)CC1)C1CNC1. The van der Waals surface area contributed by atoms with Gasteiger partial charge in [-0.05, 0) is 44.6 Å². The molecule has 1 aliphatic carbocycles. The third-order valence-electron chi connectivity index (χ3n) is 5.05. The highest BCUT2D eigenvalue weighted by atomic mass is 16.2. The lowest BCUT2D eigenvalue weighted by Gasteiger charge is -2.40. The molecule has 0 bridgehead atoms. The third kappa shape index (κ3) is 3.95. The number of rotatable bonds is 6. The van der Waals surface area contributed by atoms with Gasteiger partial charge < -0.3 is 10.2 Å². The smallest absolute Gasteiger partial charge is 0.236 e. The van der Waals surface area contributed by atoms with E-state index >= 15 is 0 Å². The van der Waals surface area contributed by atoms with Gasteiger partial charge in [0.15, 0.2) is 0 Å². The molecule has 0 radical (unpaired) electrons. The normalized spacial score (nSPS) is 27.4. The lowest BCUT2D eigenvalue weighted by Crippen LogP contribution is -2.59. The molecule has 2 rings (SSSR count). The van der Waals surface area contributed by atoms with Gasteiger partial charge in [-0.15, -0.1) is 0 Å². The molecule has 1 amide bonds. The van der Waals surface area contributed by atoms with Gasteiger partial charge in [-0.25, -0.2) is 0 Å². The topological polar surface area (TPSA) is 35.6 Å². The average molecular weight is 281 g/mol. The predicted octanol–water partition coefficient (Wildman–Crippen LogP) is 1.71. The summed E-state index contributed by atoms with van der Waals surface area (Å²) in [6.45, 7) is 8.23. The fourth-order valence-electron chi connectivity index (χ4n) is 3.33. The number of nitrogens with one attached hydrogen (secondary N) is 1. The summed E-state index contributed by atoms with van der Waals surface area (Å²) in [4.78, 5) is 16.9. The van der Waals surface area contributed by atoms with Crippen LogP contribution in [0.1, 0.15) is 46.0 Å². The van der Waals surface area contributed by atoms with Gasteiger partial charge in [0.2, 0.25) is 5.91 Å². The van der Waals surface area contributed by atoms with Crippen LogP contribution in [0.5, 0.6) is 0 Å². The van der Waals surface area contributed by atoms with Crippen LogP contribution in [0.2, 0.25) is 0 Å². The first-order valence-corrected chi connectivity index (χ1v) is 8.32. The summed E-state index contributed by atoms with van der Waals surface area (Å²) in [6.07, 6.45) is 6.03. The highest BCUT2D eigenvalue weighted by Crippen LogP contribution is 2.26. The first-order valence-electron chi connectivity index (χ1n) is 8.32. The van der Waals surface area contributed by atoms with E-state index in [4.69, 9.17) is 0 Å². The molecule has 20 heavy (non-hydrogen) atoms. The van der Waals surface area contributed by atoms with Crippen molar-refractivity contribution in [1.82, 2.24) is 15.1 Å². The second-order valence-corrected chi connectivity index (χ2v) is 6.70. The average Bonchev–Trinajstić information content (AvgIpc) is 2.37. The molecule has 1 aliphatic heterocycles. The van der Waals surface area contributed by atoms with Crippen molar-refractivity contribution in [3.63, 3.8) is 0 Å². The van der Waals surface area contributed by atoms with E-state index in [-0.39, 0.29) is 0 Å². The molecule has 1 saturated carbocycles. The number of likely N-dealkylation sites (N-methyl/N-ethyl adjacent to an activating group) is 1. The minimum atomic E-state index is 0.310. The van der Waals surface area contributed by atoms with Gasteiger partial charge in [0.25, 0.3) is 0 Å². The number of amides is 1. The van der Waals surface area contributed by atoms with E-state index in [0.717, 1.165) is 32.0 Å². The van der Waals surface area contributed by atoms with Crippen molar-refractivity contribution in [2.24, 2.45) is 5.92 Å². The van der Waals surface area contributed by atoms with Crippen molar-refractivity contribution in [3.05, 3.63) is 0 Å². The Balaban J connectivity index is 1.82. The Labute approximate surface area is 123 Å². The summed E-state index contributed by atoms with van der Waals surface area (Å²) < 4.78 is 0. The fourth-order valence-corrected chi connectivity index (χ4v) is 3.33. The molecule has 1 N–H and O–H groups in total. The maximum atomic E-state index is 12.5. The van der Waals surface area contributed by atoms with Crippen molar-refractivity contribution in [2.75, 3.05) is 33.2 Å². The van der Waals surface area contributed by atoms with Crippen LogP contribution in [0.4, 0.5) is 0 Å². The zero-order valence-electron chi connectivity index (χ0n) is 13.4. The number of carbonyl (C=O) groups is 1. The standard InChI is InChI=1S/C16H31N3O/c1-4-9-19(15-10-17-11-15)12-16(20)18(3)14-7-5-13(2)6-8-14/h13-15,17H,4-12H2,1-3H3. The Hall–Kier alpha value is -0.610. The summed E-state index contributed by atoms with van der Waals surface area (Å²) in [5.41, 5.74) is 0. The second kappa shape index (κ2) is 7.41. The first-order chi connectivity index (χ1) is 9.61. The van der Waals surface area contributed by atoms with Crippen molar-refractivity contribution in [2.45, 2.75) is 58.0 Å². The molecule has 4 nitrogen and oxygen atoms in total. The van der Waals surface area contributed by atoms with Gasteiger partial charge in [0.1, 0.15) is 0 Å². The Kier molecular flexibility index (Phi) is 5.85. The minimum Gasteiger partial charge on any atom is -0.342 e. The van der Waals surface area contributed by atoms with Crippen LogP contribution in [0.25, 0.3) is 0 Å². The fraction of sp³-hybridized carbons (Fsp3) is 0.938. The van der Waals surface area contributed by atoms with Crippen molar-refractivity contribution < 1.29 is 4.79 Å². The van der Waals surface area contributed by atoms with Gasteiger partial charge >= 0.3 is 0 Å². The zero-order valence-corrected chi connectivity index (χ0v) is 13.4. The van der Waals surface area contributed by atoms with Gasteiger partial charge in [0, 0.05) is 32.2 Å². The second-order valence-electron chi connectivity index (χ2n) is 6.70. The van der Waals surface area contributed by atoms with Gasteiger partial charge in [-0.2, -0.15) is 0 Å². The zero-order chi connectivity index (χ0) is 14.5. The van der Waals surface area contributed by atoms with E-state index in [1.807, 2.05) is 11.9 Å². The number of hydrogen-bond acceptors (Lipinski definition) is 3.